The van der Waals surface area contributed by atoms with E-state index in [2.05, 4.69) is 4.99 Å². The molecule has 1 saturated heterocycles. The number of guanidine groups is 1. The van der Waals surface area contributed by atoms with E-state index < -0.39 is 33.6 Å². The molecule has 0 radical (unpaired) electrons. The molecule has 0 spiro atoms. The molecular weight excluding hydrogens is 653 g/mol. The first-order valence-corrected chi connectivity index (χ1v) is 18.2. The zero-order valence-electron chi connectivity index (χ0n) is 28.0. The Labute approximate surface area is 310 Å². The number of allylic oxidation sites excluding steroid dienone is 1. The fourth-order valence-electron chi connectivity index (χ4n) is 7.96. The van der Waals surface area contributed by atoms with E-state index in [1.54, 1.807) is 12.1 Å². The summed E-state index contributed by atoms with van der Waals surface area (Å²) in [5, 5.41) is 18.5. The van der Waals surface area contributed by atoms with Crippen LogP contribution in [0.4, 0.5) is 0 Å². The van der Waals surface area contributed by atoms with Crippen molar-refractivity contribution >= 4 is 16.1 Å². The molecule has 1 aliphatic carbocycles. The van der Waals surface area contributed by atoms with Crippen molar-refractivity contribution in [1.29, 1.82) is 0 Å². The van der Waals surface area contributed by atoms with Crippen LogP contribution < -0.4 is 45.8 Å². The van der Waals surface area contributed by atoms with Crippen LogP contribution in [0.25, 0.3) is 0 Å². The maximum absolute atomic E-state index is 13.4. The Hall–Kier alpha value is -2.90. The number of nitrogens with zero attached hydrogens (tertiary/aromatic N) is 1. The topological polar surface area (TPSA) is 181 Å². The second-order valence-electron chi connectivity index (χ2n) is 13.3. The van der Waals surface area contributed by atoms with Crippen molar-refractivity contribution in [1.82, 2.24) is 0 Å². The molecule has 5 heterocycles. The maximum Gasteiger partial charge on any atom is 1.00 e. The zero-order chi connectivity index (χ0) is 34.0. The van der Waals surface area contributed by atoms with Crippen molar-refractivity contribution in [2.75, 3.05) is 6.61 Å². The second kappa shape index (κ2) is 16.0. The van der Waals surface area contributed by atoms with Crippen molar-refractivity contribution in [3.8, 4) is 11.5 Å². The summed E-state index contributed by atoms with van der Waals surface area (Å²) >= 11 is 0. The zero-order valence-corrected chi connectivity index (χ0v) is 30.8. The van der Waals surface area contributed by atoms with Gasteiger partial charge in [0.25, 0.3) is 0 Å². The smallest absolute Gasteiger partial charge is 0.748 e. The number of nitrogens with two attached hydrogens (primary N) is 2. The summed E-state index contributed by atoms with van der Waals surface area (Å²) in [4.78, 5) is 4.34. The normalized spacial score (nSPS) is 28.0. The summed E-state index contributed by atoms with van der Waals surface area (Å²) < 4.78 is 53.3. The van der Waals surface area contributed by atoms with Crippen LogP contribution in [0.15, 0.2) is 89.4 Å². The number of aromatic hydroxyl groups is 1. The van der Waals surface area contributed by atoms with Gasteiger partial charge in [0.1, 0.15) is 17.6 Å². The van der Waals surface area contributed by atoms with Crippen LogP contribution in [0, 0.1) is 11.8 Å². The number of rotatable bonds is 7. The summed E-state index contributed by atoms with van der Waals surface area (Å²) in [5.74, 6) is -0.610. The van der Waals surface area contributed by atoms with Gasteiger partial charge in [-0.3, -0.25) is 0 Å². The molecule has 5 aliphatic heterocycles. The first-order chi connectivity index (χ1) is 23.0. The van der Waals surface area contributed by atoms with Crippen LogP contribution in [-0.2, 0) is 14.9 Å². The average molecular weight is 698 g/mol. The Balaban J connectivity index is 0.00000468. The minimum atomic E-state index is -4.77. The van der Waals surface area contributed by atoms with E-state index >= 15 is 0 Å². The molecule has 12 heteroatoms. The predicted octanol–water partition coefficient (Wildman–Crippen LogP) is 2.51. The number of fused-ring (bicyclic) bond motifs is 2. The standard InChI is InChI=1S/C37H45N3O7S.Na/c1-2-22-21-33(48(43,44)45)32-20-28-18-27(19-31(4-3-17-41)46-35(28)25-9-13-29(42)14-10-25)34(32)24-5-7-26(8-6-24)36(40-37(38)39)47-30-15-11-23(22)12-16-30;/h5-16,20,22,27,31-36,41-42H,2-4,17-19,21H2,1H3,(H4,38,39,40)(H,43,44,45);/q;+1/p-1. The second-order valence-corrected chi connectivity index (χ2v) is 14.9. The summed E-state index contributed by atoms with van der Waals surface area (Å²) in [5.41, 5.74) is 15.9. The fraction of sp³-hybridized carbons (Fsp3) is 0.432. The third-order valence-corrected chi connectivity index (χ3v) is 11.5. The van der Waals surface area contributed by atoms with E-state index in [-0.39, 0.29) is 78.2 Å². The van der Waals surface area contributed by atoms with Crippen LogP contribution >= 0.6 is 0 Å². The largest absolute Gasteiger partial charge is 1.00 e. The van der Waals surface area contributed by atoms with Gasteiger partial charge in [-0.25, -0.2) is 13.4 Å². The van der Waals surface area contributed by atoms with Gasteiger partial charge >= 0.3 is 29.6 Å². The molecule has 6 N–H and O–H groups in total. The Bertz CT molecular complexity index is 1730. The third kappa shape index (κ3) is 8.53. The number of phenolic OH excluding ortho intramolecular Hbond substituents is 1. The first kappa shape index (κ1) is 37.4. The molecule has 1 fully saturated rings. The molecular formula is C37H44N3NaO7S. The van der Waals surface area contributed by atoms with E-state index in [1.165, 1.54) is 0 Å². The number of hydrogen-bond donors (Lipinski definition) is 4. The van der Waals surface area contributed by atoms with Gasteiger partial charge in [-0.1, -0.05) is 61.5 Å². The molecule has 6 bridgehead atoms. The van der Waals surface area contributed by atoms with Gasteiger partial charge in [-0.05, 0) is 109 Å². The fourth-order valence-corrected chi connectivity index (χ4v) is 9.06. The summed E-state index contributed by atoms with van der Waals surface area (Å²) in [6.07, 6.45) is 3.75. The van der Waals surface area contributed by atoms with Gasteiger partial charge in [0.15, 0.2) is 5.96 Å². The summed E-state index contributed by atoms with van der Waals surface area (Å²) in [6.45, 7) is 2.03. The molecule has 10 nitrogen and oxygen atoms in total. The molecule has 9 rings (SSSR count). The minimum absolute atomic E-state index is 0. The van der Waals surface area contributed by atoms with Crippen LogP contribution in [0.1, 0.15) is 91.9 Å². The molecule has 0 saturated carbocycles. The molecule has 3 aromatic carbocycles. The number of aliphatic hydroxyl groups is 1. The van der Waals surface area contributed by atoms with E-state index in [4.69, 9.17) is 20.9 Å². The predicted molar refractivity (Wildman–Crippen MR) is 182 cm³/mol. The number of aliphatic hydroxyl groups excluding tert-OH is 1. The Morgan fingerprint density at radius 2 is 1.57 bits per heavy atom. The molecule has 8 unspecified atom stereocenters. The van der Waals surface area contributed by atoms with Gasteiger partial charge in [0, 0.05) is 12.2 Å². The SMILES string of the molecule is CCC1CC(S(=O)(=O)[O-])C2C=C3CC(CC(CCCO)OC3c3ccc(O)cc3)C2c2ccc(cc2)C(N=C(N)N)Oc2ccc1cc2.[Na+]. The van der Waals surface area contributed by atoms with E-state index in [9.17, 15) is 23.2 Å². The van der Waals surface area contributed by atoms with Crippen molar-refractivity contribution in [3.63, 3.8) is 0 Å². The quantitative estimate of drug-likeness (QED) is 0.0949. The van der Waals surface area contributed by atoms with Gasteiger partial charge < -0.3 is 35.7 Å². The number of ether oxygens (including phenoxy) is 2. The maximum atomic E-state index is 13.4. The number of hydrogen-bond acceptors (Lipinski definition) is 8. The molecule has 8 atom stereocenters. The first-order valence-electron chi connectivity index (χ1n) is 16.7. The molecule has 6 aliphatic rings. The number of phenols is 1. The molecule has 0 aromatic heterocycles. The van der Waals surface area contributed by atoms with Crippen molar-refractivity contribution in [2.45, 2.75) is 81.0 Å². The van der Waals surface area contributed by atoms with Gasteiger partial charge in [-0.2, -0.15) is 0 Å². The van der Waals surface area contributed by atoms with Crippen LogP contribution in [0.2, 0.25) is 0 Å². The van der Waals surface area contributed by atoms with Gasteiger partial charge in [-0.15, -0.1) is 0 Å². The average Bonchev–Trinajstić information content (AvgIpc) is 3.20. The van der Waals surface area contributed by atoms with Crippen LogP contribution in [0.5, 0.6) is 11.5 Å². The molecule has 49 heavy (non-hydrogen) atoms. The Kier molecular flexibility index (Phi) is 12.2. The molecule has 3 aromatic rings. The third-order valence-electron chi connectivity index (χ3n) is 10.2. The van der Waals surface area contributed by atoms with Crippen molar-refractivity contribution < 1.29 is 62.2 Å². The van der Waals surface area contributed by atoms with E-state index in [0.29, 0.717) is 43.4 Å². The van der Waals surface area contributed by atoms with Gasteiger partial charge in [0.05, 0.1) is 21.5 Å². The van der Waals surface area contributed by atoms with Gasteiger partial charge in [0.2, 0.25) is 6.23 Å². The van der Waals surface area contributed by atoms with Crippen LogP contribution in [-0.4, -0.2) is 47.1 Å². The van der Waals surface area contributed by atoms with Crippen molar-refractivity contribution in [3.05, 3.63) is 107 Å². The molecule has 0 amide bonds. The number of benzene rings is 3. The van der Waals surface area contributed by atoms with E-state index in [1.807, 2.05) is 73.7 Å². The Morgan fingerprint density at radius 1 is 0.939 bits per heavy atom. The summed E-state index contributed by atoms with van der Waals surface area (Å²) in [7, 11) is -4.77. The Morgan fingerprint density at radius 3 is 2.18 bits per heavy atom. The van der Waals surface area contributed by atoms with Crippen molar-refractivity contribution in [2.24, 2.45) is 28.3 Å². The minimum Gasteiger partial charge on any atom is -0.748 e. The molecule has 256 valence electrons. The number of aliphatic imine (C=N–C) groups is 1. The summed E-state index contributed by atoms with van der Waals surface area (Å²) in [6, 6.07) is 22.0. The van der Waals surface area contributed by atoms with E-state index in [0.717, 1.165) is 22.3 Å². The monoisotopic (exact) mass is 697 g/mol. The van der Waals surface area contributed by atoms with Crippen LogP contribution in [0.3, 0.4) is 0 Å².